The maximum Gasteiger partial charge on any atom is 0.310 e. The number of hydrogen-bond donors (Lipinski definition) is 2. The van der Waals surface area contributed by atoms with E-state index in [0.29, 0.717) is 25.4 Å². The molecule has 2 bridgehead atoms. The van der Waals surface area contributed by atoms with Crippen molar-refractivity contribution in [1.29, 1.82) is 0 Å². The molecule has 2 saturated heterocycles. The summed E-state index contributed by atoms with van der Waals surface area (Å²) in [6, 6.07) is 0.137. The molecule has 1 aliphatic carbocycles. The monoisotopic (exact) mass is 326 g/mol. The van der Waals surface area contributed by atoms with Gasteiger partial charge in [-0.1, -0.05) is 32.6 Å². The number of esters is 1. The molecule has 2 aliphatic heterocycles. The van der Waals surface area contributed by atoms with Gasteiger partial charge < -0.3 is 14.6 Å². The molecule has 0 aromatic carbocycles. The van der Waals surface area contributed by atoms with Crippen LogP contribution in [0.1, 0.15) is 58.3 Å². The molecule has 2 N–H and O–H groups in total. The molecule has 3 fully saturated rings. The molecule has 0 aromatic heterocycles. The number of nitrogens with one attached hydrogen (secondary N) is 1. The molecule has 1 radical (unpaired) electrons. The molecular formula is C18H32NO4. The van der Waals surface area contributed by atoms with Crippen LogP contribution >= 0.6 is 0 Å². The minimum Gasteiger partial charge on any atom is -0.441 e. The second-order valence-corrected chi connectivity index (χ2v) is 7.11. The molecule has 133 valence electrons. The number of methoxy groups -OCH3 is 1. The predicted molar refractivity (Wildman–Crippen MR) is 88.6 cm³/mol. The van der Waals surface area contributed by atoms with Gasteiger partial charge in [0.1, 0.15) is 6.10 Å². The fraction of sp³-hybridized carbons (Fsp3) is 0.889. The minimum absolute atomic E-state index is 0.137. The van der Waals surface area contributed by atoms with E-state index in [-0.39, 0.29) is 17.9 Å². The van der Waals surface area contributed by atoms with E-state index in [1.54, 1.807) is 7.11 Å². The Morgan fingerprint density at radius 1 is 1.43 bits per heavy atom. The topological polar surface area (TPSA) is 67.8 Å². The highest BCUT2D eigenvalue weighted by Gasteiger charge is 2.54. The summed E-state index contributed by atoms with van der Waals surface area (Å²) in [5, 5.41) is 13.7. The Labute approximate surface area is 140 Å². The van der Waals surface area contributed by atoms with Crippen LogP contribution in [0, 0.1) is 18.8 Å². The van der Waals surface area contributed by atoms with E-state index in [4.69, 9.17) is 9.47 Å². The van der Waals surface area contributed by atoms with E-state index in [0.717, 1.165) is 25.7 Å². The van der Waals surface area contributed by atoms with Crippen LogP contribution in [0.15, 0.2) is 0 Å². The molecule has 3 rings (SSSR count). The highest BCUT2D eigenvalue weighted by Crippen LogP contribution is 2.41. The van der Waals surface area contributed by atoms with Crippen molar-refractivity contribution in [1.82, 2.24) is 5.32 Å². The Morgan fingerprint density at radius 3 is 2.87 bits per heavy atom. The van der Waals surface area contributed by atoms with Crippen molar-refractivity contribution in [3.8, 4) is 0 Å². The molecule has 5 nitrogen and oxygen atoms in total. The van der Waals surface area contributed by atoms with E-state index in [9.17, 15) is 9.90 Å². The lowest BCUT2D eigenvalue weighted by Gasteiger charge is -2.53. The maximum absolute atomic E-state index is 12.4. The van der Waals surface area contributed by atoms with Gasteiger partial charge in [-0.3, -0.25) is 10.1 Å². The molecule has 1 unspecified atom stereocenters. The zero-order chi connectivity index (χ0) is 16.9. The number of hydrogen-bond acceptors (Lipinski definition) is 5. The summed E-state index contributed by atoms with van der Waals surface area (Å²) in [6.45, 7) is 6.69. The summed E-state index contributed by atoms with van der Waals surface area (Å²) >= 11 is 0. The predicted octanol–water partition coefficient (Wildman–Crippen LogP) is 2.43. The highest BCUT2D eigenvalue weighted by molar-refractivity contribution is 5.73. The number of aliphatic hydroxyl groups is 1. The highest BCUT2D eigenvalue weighted by atomic mass is 16.6. The molecule has 2 heterocycles. The zero-order valence-corrected chi connectivity index (χ0v) is 14.6. The number of carbonyl (C=O) groups excluding carboxylic acids is 1. The van der Waals surface area contributed by atoms with Crippen LogP contribution in [0.5, 0.6) is 0 Å². The fourth-order valence-electron chi connectivity index (χ4n) is 3.83. The minimum atomic E-state index is -0.950. The van der Waals surface area contributed by atoms with Crippen LogP contribution in [-0.2, 0) is 14.3 Å². The average molecular weight is 326 g/mol. The summed E-state index contributed by atoms with van der Waals surface area (Å²) in [4.78, 5) is 12.4. The Hall–Kier alpha value is -0.650. The molecule has 1 saturated carbocycles. The first-order valence-corrected chi connectivity index (χ1v) is 9.03. The molecule has 5 heteroatoms. The normalized spacial score (nSPS) is 34.3. The van der Waals surface area contributed by atoms with E-state index in [2.05, 4.69) is 19.2 Å². The average Bonchev–Trinajstić information content (AvgIpc) is 2.53. The summed E-state index contributed by atoms with van der Waals surface area (Å²) in [5.41, 5.74) is -0.950. The number of ether oxygens (including phenoxy) is 2. The number of piperidine rings is 2. The van der Waals surface area contributed by atoms with Gasteiger partial charge in [-0.25, -0.2) is 0 Å². The number of fused-ring (bicyclic) bond motifs is 3. The third kappa shape index (κ3) is 4.46. The maximum atomic E-state index is 12.4. The van der Waals surface area contributed by atoms with Crippen molar-refractivity contribution in [2.45, 2.75) is 76.2 Å². The van der Waals surface area contributed by atoms with Gasteiger partial charge in [0.15, 0.2) is 5.72 Å². The first kappa shape index (κ1) is 18.7. The van der Waals surface area contributed by atoms with Crippen LogP contribution < -0.4 is 5.32 Å². The summed E-state index contributed by atoms with van der Waals surface area (Å²) in [6.07, 6.45) is 6.84. The second-order valence-electron chi connectivity index (χ2n) is 7.11. The Bertz CT molecular complexity index is 389. The number of carbonyl (C=O) groups is 1. The molecule has 3 aliphatic rings. The fourth-order valence-corrected chi connectivity index (χ4v) is 3.83. The van der Waals surface area contributed by atoms with E-state index in [1.807, 2.05) is 0 Å². The van der Waals surface area contributed by atoms with Crippen LogP contribution in [0.25, 0.3) is 0 Å². The van der Waals surface area contributed by atoms with Gasteiger partial charge in [0.25, 0.3) is 0 Å². The van der Waals surface area contributed by atoms with Gasteiger partial charge in [-0.05, 0) is 32.1 Å². The summed E-state index contributed by atoms with van der Waals surface area (Å²) in [7, 11) is 1.67. The van der Waals surface area contributed by atoms with Crippen molar-refractivity contribution in [2.24, 2.45) is 11.8 Å². The standard InChI is InChI=1S/C18H32NO4/c1-4-5-6-7-8-13(2)17(21)23-18-10-9-14(11-16(18)20)15(19-18)12-22-3/h13-16,19-20H,2,4-12H2,1,3H3/t13?,14-,15-,16-,18+/m1/s1. The smallest absolute Gasteiger partial charge is 0.310 e. The van der Waals surface area contributed by atoms with Gasteiger partial charge in [0.05, 0.1) is 12.5 Å². The zero-order valence-electron chi connectivity index (χ0n) is 14.6. The summed E-state index contributed by atoms with van der Waals surface area (Å²) in [5.74, 6) is -0.282. The lowest BCUT2D eigenvalue weighted by molar-refractivity contribution is -0.216. The third-order valence-electron chi connectivity index (χ3n) is 5.32. The molecule has 0 aromatic rings. The van der Waals surface area contributed by atoms with Crippen LogP contribution in [0.4, 0.5) is 0 Å². The first-order valence-electron chi connectivity index (χ1n) is 9.03. The van der Waals surface area contributed by atoms with Gasteiger partial charge >= 0.3 is 5.97 Å². The molecule has 0 spiro atoms. The van der Waals surface area contributed by atoms with Gasteiger partial charge in [-0.15, -0.1) is 0 Å². The number of unbranched alkanes of at least 4 members (excludes halogenated alkanes) is 3. The van der Waals surface area contributed by atoms with Crippen LogP contribution in [0.3, 0.4) is 0 Å². The van der Waals surface area contributed by atoms with Crippen molar-refractivity contribution in [2.75, 3.05) is 13.7 Å². The van der Waals surface area contributed by atoms with Gasteiger partial charge in [0, 0.05) is 19.6 Å². The van der Waals surface area contributed by atoms with E-state index < -0.39 is 11.8 Å². The molecule has 23 heavy (non-hydrogen) atoms. The van der Waals surface area contributed by atoms with Crippen molar-refractivity contribution in [3.63, 3.8) is 0 Å². The Balaban J connectivity index is 1.89. The summed E-state index contributed by atoms with van der Waals surface area (Å²) < 4.78 is 11.0. The van der Waals surface area contributed by atoms with Crippen LogP contribution in [0.2, 0.25) is 0 Å². The lowest BCUT2D eigenvalue weighted by atomic mass is 9.72. The Morgan fingerprint density at radius 2 is 2.22 bits per heavy atom. The molecule has 5 atom stereocenters. The molecule has 0 amide bonds. The number of rotatable bonds is 9. The Kier molecular flexibility index (Phi) is 6.86. The SMILES string of the molecule is [CH2]C(CCCCCC)C(=O)O[C@@]12CC[C@H](C[C@H]1O)[C@@H](COC)N2. The lowest BCUT2D eigenvalue weighted by Crippen LogP contribution is -2.70. The van der Waals surface area contributed by atoms with Gasteiger partial charge in [-0.2, -0.15) is 0 Å². The van der Waals surface area contributed by atoms with E-state index in [1.165, 1.54) is 12.8 Å². The van der Waals surface area contributed by atoms with Crippen LogP contribution in [-0.4, -0.2) is 42.7 Å². The van der Waals surface area contributed by atoms with Crippen molar-refractivity contribution < 1.29 is 19.4 Å². The van der Waals surface area contributed by atoms with E-state index >= 15 is 0 Å². The third-order valence-corrected chi connectivity index (χ3v) is 5.32. The van der Waals surface area contributed by atoms with Gasteiger partial charge in [0.2, 0.25) is 0 Å². The van der Waals surface area contributed by atoms with Crippen molar-refractivity contribution >= 4 is 5.97 Å². The molecular weight excluding hydrogens is 294 g/mol. The quantitative estimate of drug-likeness (QED) is 0.503. The largest absolute Gasteiger partial charge is 0.441 e. The second kappa shape index (κ2) is 8.45. The van der Waals surface area contributed by atoms with Crippen molar-refractivity contribution in [3.05, 3.63) is 6.92 Å². The number of aliphatic hydroxyl groups excluding tert-OH is 1. The first-order chi connectivity index (χ1) is 11.0.